The minimum Gasteiger partial charge on any atom is -0.457 e. The fourth-order valence-electron chi connectivity index (χ4n) is 3.02. The van der Waals surface area contributed by atoms with Crippen LogP contribution in [0.25, 0.3) is 0 Å². The van der Waals surface area contributed by atoms with Gasteiger partial charge >= 0.3 is 11.9 Å². The monoisotopic (exact) mass is 540 g/mol. The average Bonchev–Trinajstić information content (AvgIpc) is 2.87. The fourth-order valence-corrected chi connectivity index (χ4v) is 3.02. The van der Waals surface area contributed by atoms with Crippen molar-refractivity contribution < 1.29 is 63.0 Å². The van der Waals surface area contributed by atoms with Crippen molar-refractivity contribution in [2.75, 3.05) is 0 Å². The van der Waals surface area contributed by atoms with E-state index in [1.54, 1.807) is 0 Å². The van der Waals surface area contributed by atoms with Crippen LogP contribution in [0.5, 0.6) is 0 Å². The molecule has 0 N–H and O–H groups in total. The van der Waals surface area contributed by atoms with Gasteiger partial charge in [0, 0.05) is 0 Å². The molecular weight excluding hydrogens is 530 g/mol. The first-order valence-electron chi connectivity index (χ1n) is 9.72. The number of rotatable bonds is 6. The molecule has 0 amide bonds. The third-order valence-electron chi connectivity index (χ3n) is 4.85. The summed E-state index contributed by atoms with van der Waals surface area (Å²) in [6, 6.07) is 2.94. The summed E-state index contributed by atoms with van der Waals surface area (Å²) in [6.45, 7) is -1.45. The lowest BCUT2D eigenvalue weighted by atomic mass is 10.1. The highest BCUT2D eigenvalue weighted by Crippen LogP contribution is 2.25. The number of hydrogen-bond donors (Lipinski definition) is 0. The lowest BCUT2D eigenvalue weighted by Gasteiger charge is -2.11. The number of ether oxygens (including phenoxy) is 2. The molecule has 0 bridgehead atoms. The maximum absolute atomic E-state index is 13.7. The molecule has 0 spiro atoms. The Morgan fingerprint density at radius 2 is 0.784 bits per heavy atom. The van der Waals surface area contributed by atoms with Gasteiger partial charge in [-0.1, -0.05) is 0 Å². The van der Waals surface area contributed by atoms with Gasteiger partial charge in [0.15, 0.2) is 46.5 Å². The molecule has 3 rings (SSSR count). The molecule has 0 radical (unpaired) electrons. The van der Waals surface area contributed by atoms with Crippen molar-refractivity contribution in [3.05, 3.63) is 104 Å². The van der Waals surface area contributed by atoms with E-state index < -0.39 is 106 Å². The SMILES string of the molecule is Cc1cc(C(=O)OCc2c(F)c(F)c(F)c(F)c2F)cc(C(=O)OCc2c(F)c(F)c(F)c(F)c2F)c1. The van der Waals surface area contributed by atoms with Gasteiger partial charge in [-0.05, 0) is 30.7 Å². The quantitative estimate of drug-likeness (QED) is 0.164. The molecule has 0 aliphatic heterocycles. The molecule has 3 aromatic rings. The summed E-state index contributed by atoms with van der Waals surface area (Å²) in [5, 5.41) is 0. The number of carbonyl (C=O) groups excluding carboxylic acids is 2. The second-order valence-electron chi connectivity index (χ2n) is 7.34. The third-order valence-corrected chi connectivity index (χ3v) is 4.85. The Balaban J connectivity index is 1.79. The van der Waals surface area contributed by atoms with Gasteiger partial charge in [-0.2, -0.15) is 0 Å². The van der Waals surface area contributed by atoms with Crippen LogP contribution in [0.15, 0.2) is 18.2 Å². The van der Waals surface area contributed by atoms with Gasteiger partial charge in [0.2, 0.25) is 11.6 Å². The first-order chi connectivity index (χ1) is 17.3. The highest BCUT2D eigenvalue weighted by Gasteiger charge is 2.28. The van der Waals surface area contributed by atoms with Gasteiger partial charge in [0.25, 0.3) is 0 Å². The average molecular weight is 540 g/mol. The van der Waals surface area contributed by atoms with Gasteiger partial charge in [0.1, 0.15) is 13.2 Å². The number of benzene rings is 3. The molecular formula is C23H10F10O4. The Morgan fingerprint density at radius 1 is 0.514 bits per heavy atom. The summed E-state index contributed by atoms with van der Waals surface area (Å²) < 4.78 is 144. The highest BCUT2D eigenvalue weighted by molar-refractivity contribution is 5.95. The molecule has 0 saturated heterocycles. The molecule has 0 saturated carbocycles. The van der Waals surface area contributed by atoms with E-state index in [2.05, 4.69) is 9.47 Å². The van der Waals surface area contributed by atoms with Gasteiger partial charge in [-0.15, -0.1) is 0 Å². The van der Waals surface area contributed by atoms with E-state index in [1.165, 1.54) is 6.92 Å². The number of hydrogen-bond acceptors (Lipinski definition) is 4. The van der Waals surface area contributed by atoms with Crippen LogP contribution in [0.2, 0.25) is 0 Å². The predicted molar refractivity (Wildman–Crippen MR) is 102 cm³/mol. The Morgan fingerprint density at radius 3 is 1.08 bits per heavy atom. The first-order valence-corrected chi connectivity index (χ1v) is 9.72. The molecule has 37 heavy (non-hydrogen) atoms. The van der Waals surface area contributed by atoms with Crippen LogP contribution >= 0.6 is 0 Å². The molecule has 0 aliphatic carbocycles. The molecule has 4 nitrogen and oxygen atoms in total. The van der Waals surface area contributed by atoms with Crippen molar-refractivity contribution >= 4 is 11.9 Å². The van der Waals surface area contributed by atoms with Crippen LogP contribution in [0, 0.1) is 65.1 Å². The topological polar surface area (TPSA) is 52.6 Å². The Hall–Kier alpha value is -4.10. The second kappa shape index (κ2) is 10.5. The Kier molecular flexibility index (Phi) is 7.79. The summed E-state index contributed by atoms with van der Waals surface area (Å²) in [7, 11) is 0. The Labute approximate surface area is 200 Å². The van der Waals surface area contributed by atoms with E-state index in [1.807, 2.05) is 0 Å². The maximum Gasteiger partial charge on any atom is 0.338 e. The molecule has 0 atom stereocenters. The van der Waals surface area contributed by atoms with E-state index in [-0.39, 0.29) is 5.56 Å². The zero-order chi connectivity index (χ0) is 27.8. The van der Waals surface area contributed by atoms with E-state index >= 15 is 0 Å². The minimum atomic E-state index is -2.42. The van der Waals surface area contributed by atoms with E-state index in [9.17, 15) is 53.5 Å². The van der Waals surface area contributed by atoms with Crippen molar-refractivity contribution in [2.45, 2.75) is 20.1 Å². The van der Waals surface area contributed by atoms with E-state index in [0.717, 1.165) is 18.2 Å². The van der Waals surface area contributed by atoms with Crippen LogP contribution in [-0.2, 0) is 22.7 Å². The van der Waals surface area contributed by atoms with E-state index in [0.29, 0.717) is 0 Å². The molecule has 0 aromatic heterocycles. The van der Waals surface area contributed by atoms with Crippen molar-refractivity contribution in [1.82, 2.24) is 0 Å². The van der Waals surface area contributed by atoms with Crippen molar-refractivity contribution in [3.63, 3.8) is 0 Å². The largest absolute Gasteiger partial charge is 0.457 e. The Bertz CT molecular complexity index is 1280. The molecule has 196 valence electrons. The van der Waals surface area contributed by atoms with Gasteiger partial charge in [0.05, 0.1) is 22.3 Å². The standard InChI is InChI=1S/C23H10F10O4/c1-7-2-8(22(34)36-5-10-12(24)16(28)20(32)17(29)13(10)25)4-9(3-7)23(35)37-6-11-14(26)18(30)21(33)19(31)15(11)27/h2-4H,5-6H2,1H3. The minimum absolute atomic E-state index is 0.161. The van der Waals surface area contributed by atoms with Crippen molar-refractivity contribution in [3.8, 4) is 0 Å². The van der Waals surface area contributed by atoms with Crippen LogP contribution in [0.4, 0.5) is 43.9 Å². The maximum atomic E-state index is 13.7. The van der Waals surface area contributed by atoms with Gasteiger partial charge in [-0.3, -0.25) is 0 Å². The summed E-state index contributed by atoms with van der Waals surface area (Å²) in [4.78, 5) is 24.6. The van der Waals surface area contributed by atoms with E-state index in [4.69, 9.17) is 0 Å². The second-order valence-corrected chi connectivity index (χ2v) is 7.34. The lowest BCUT2D eigenvalue weighted by Crippen LogP contribution is -2.14. The molecule has 0 fully saturated rings. The number of aryl methyl sites for hydroxylation is 1. The van der Waals surface area contributed by atoms with Crippen molar-refractivity contribution in [2.24, 2.45) is 0 Å². The predicted octanol–water partition coefficient (Wildman–Crippen LogP) is 6.10. The highest BCUT2D eigenvalue weighted by atomic mass is 19.2. The summed E-state index contributed by atoms with van der Waals surface area (Å²) in [5.41, 5.74) is -3.69. The third kappa shape index (κ3) is 5.22. The normalized spacial score (nSPS) is 11.0. The smallest absolute Gasteiger partial charge is 0.338 e. The number of halogens is 10. The fraction of sp³-hybridized carbons (Fsp3) is 0.130. The molecule has 3 aromatic carbocycles. The summed E-state index contributed by atoms with van der Waals surface area (Å²) >= 11 is 0. The molecule has 0 heterocycles. The summed E-state index contributed by atoms with van der Waals surface area (Å²) in [6.07, 6.45) is 0. The number of esters is 2. The van der Waals surface area contributed by atoms with Crippen LogP contribution in [0.3, 0.4) is 0 Å². The zero-order valence-corrected chi connectivity index (χ0v) is 18.1. The number of carbonyl (C=O) groups is 2. The van der Waals surface area contributed by atoms with Crippen molar-refractivity contribution in [1.29, 1.82) is 0 Å². The van der Waals surface area contributed by atoms with Crippen LogP contribution in [-0.4, -0.2) is 11.9 Å². The first kappa shape index (κ1) is 27.5. The van der Waals surface area contributed by atoms with Gasteiger partial charge < -0.3 is 9.47 Å². The summed E-state index contributed by atoms with van der Waals surface area (Å²) in [5.74, 6) is -25.6. The van der Waals surface area contributed by atoms with Crippen LogP contribution in [0.1, 0.15) is 37.4 Å². The molecule has 14 heteroatoms. The molecule has 0 unspecified atom stereocenters. The van der Waals surface area contributed by atoms with Gasteiger partial charge in [-0.25, -0.2) is 53.5 Å². The molecule has 0 aliphatic rings. The van der Waals surface area contributed by atoms with Crippen LogP contribution < -0.4 is 0 Å². The lowest BCUT2D eigenvalue weighted by molar-refractivity contribution is 0.0460. The zero-order valence-electron chi connectivity index (χ0n) is 18.1.